The van der Waals surface area contributed by atoms with Crippen molar-refractivity contribution in [3.05, 3.63) is 64.1 Å². The standard InChI is InChI=1S/C21H13ClF6N6O2S/c1-10-6-11(9-29)7-14(37(2)33-19(36)21(26,27)28)16(10)31-18(35)13-8-15(20(23,24)25)32-34(13)17-12(22)4-3-5-30-17/h3-8H,1-2H3,(H,31,35). The van der Waals surface area contributed by atoms with Gasteiger partial charge < -0.3 is 5.32 Å². The minimum Gasteiger partial charge on any atom is -0.319 e. The van der Waals surface area contributed by atoms with Crippen LogP contribution in [0.25, 0.3) is 5.82 Å². The quantitative estimate of drug-likeness (QED) is 0.436. The van der Waals surface area contributed by atoms with Gasteiger partial charge in [-0.1, -0.05) is 22.3 Å². The molecule has 2 heterocycles. The van der Waals surface area contributed by atoms with Gasteiger partial charge >= 0.3 is 18.3 Å². The second kappa shape index (κ2) is 10.3. The van der Waals surface area contributed by atoms with Crippen LogP contribution in [0.5, 0.6) is 0 Å². The predicted molar refractivity (Wildman–Crippen MR) is 120 cm³/mol. The molecule has 37 heavy (non-hydrogen) atoms. The van der Waals surface area contributed by atoms with Gasteiger partial charge in [0.1, 0.15) is 5.69 Å². The number of amides is 2. The number of hydrogen-bond donors (Lipinski definition) is 1. The average molecular weight is 563 g/mol. The van der Waals surface area contributed by atoms with E-state index in [4.69, 9.17) is 11.6 Å². The van der Waals surface area contributed by atoms with Crippen molar-refractivity contribution in [3.63, 3.8) is 0 Å². The molecule has 0 aliphatic carbocycles. The maximum Gasteiger partial charge on any atom is 0.474 e. The van der Waals surface area contributed by atoms with Crippen LogP contribution >= 0.6 is 11.6 Å². The van der Waals surface area contributed by atoms with Crippen LogP contribution in [0.2, 0.25) is 5.02 Å². The van der Waals surface area contributed by atoms with Gasteiger partial charge in [0.15, 0.2) is 11.5 Å². The summed E-state index contributed by atoms with van der Waals surface area (Å²) >= 11 is 6.03. The lowest BCUT2D eigenvalue weighted by Crippen LogP contribution is -2.22. The van der Waals surface area contributed by atoms with Gasteiger partial charge in [-0.05, 0) is 43.0 Å². The summed E-state index contributed by atoms with van der Waals surface area (Å²) in [4.78, 5) is 28.3. The zero-order chi connectivity index (χ0) is 27.7. The number of anilines is 1. The number of nitrogens with zero attached hydrogens (tertiary/aromatic N) is 5. The lowest BCUT2D eigenvalue weighted by atomic mass is 10.1. The molecule has 1 aromatic carbocycles. The zero-order valence-electron chi connectivity index (χ0n) is 18.6. The fourth-order valence-electron chi connectivity index (χ4n) is 2.99. The highest BCUT2D eigenvalue weighted by Gasteiger charge is 2.39. The molecule has 16 heteroatoms. The second-order valence-electron chi connectivity index (χ2n) is 7.24. The van der Waals surface area contributed by atoms with Crippen molar-refractivity contribution in [2.45, 2.75) is 24.2 Å². The minimum atomic E-state index is -5.25. The van der Waals surface area contributed by atoms with E-state index in [1.54, 1.807) is 6.07 Å². The van der Waals surface area contributed by atoms with Gasteiger partial charge in [-0.2, -0.15) is 41.1 Å². The Balaban J connectivity index is 2.15. The molecule has 3 rings (SSSR count). The number of hydrogen-bond acceptors (Lipinski definition) is 5. The lowest BCUT2D eigenvalue weighted by Gasteiger charge is -2.16. The van der Waals surface area contributed by atoms with Gasteiger partial charge in [0.25, 0.3) is 5.91 Å². The molecule has 0 aliphatic heterocycles. The molecular formula is C21H13ClF6N6O2S. The Kier molecular flexibility index (Phi) is 7.75. The SMILES string of the molecule is Cc1cc(C#N)cc(/S(C)=N/C(=O)C(F)(F)F)c1NC(=O)c1cc(C(F)(F)F)nn1-c1ncccc1Cl. The first-order valence-electron chi connectivity index (χ1n) is 9.76. The van der Waals surface area contributed by atoms with Crippen LogP contribution in [-0.4, -0.2) is 39.0 Å². The van der Waals surface area contributed by atoms with E-state index < -0.39 is 46.2 Å². The highest BCUT2D eigenvalue weighted by Crippen LogP contribution is 2.32. The number of carbonyl (C=O) groups is 2. The van der Waals surface area contributed by atoms with Crippen molar-refractivity contribution in [2.24, 2.45) is 4.36 Å². The summed E-state index contributed by atoms with van der Waals surface area (Å²) in [5.74, 6) is -3.83. The third kappa shape index (κ3) is 6.15. The molecule has 0 bridgehead atoms. The van der Waals surface area contributed by atoms with Gasteiger partial charge in [-0.15, -0.1) is 0 Å². The summed E-state index contributed by atoms with van der Waals surface area (Å²) in [6, 6.07) is 7.36. The third-order valence-corrected chi connectivity index (χ3v) is 6.31. The van der Waals surface area contributed by atoms with Gasteiger partial charge in [-0.3, -0.25) is 9.59 Å². The average Bonchev–Trinajstić information content (AvgIpc) is 3.25. The van der Waals surface area contributed by atoms with Gasteiger partial charge in [-0.25, -0.2) is 9.67 Å². The number of nitriles is 1. The van der Waals surface area contributed by atoms with Crippen molar-refractivity contribution >= 4 is 39.8 Å². The van der Waals surface area contributed by atoms with Gasteiger partial charge in [0.2, 0.25) is 0 Å². The Hall–Kier alpha value is -3.77. The van der Waals surface area contributed by atoms with Crippen molar-refractivity contribution in [3.8, 4) is 11.9 Å². The number of aryl methyl sites for hydroxylation is 1. The molecule has 2 amide bonds. The van der Waals surface area contributed by atoms with Crippen LogP contribution in [0.15, 0.2) is 45.8 Å². The van der Waals surface area contributed by atoms with Crippen molar-refractivity contribution in [1.29, 1.82) is 5.26 Å². The number of pyridine rings is 1. The van der Waals surface area contributed by atoms with Gasteiger partial charge in [0.05, 0.1) is 22.3 Å². The molecule has 194 valence electrons. The van der Waals surface area contributed by atoms with Crippen LogP contribution in [0.1, 0.15) is 27.3 Å². The van der Waals surface area contributed by atoms with Crippen molar-refractivity contribution < 1.29 is 35.9 Å². The van der Waals surface area contributed by atoms with E-state index in [2.05, 4.69) is 19.8 Å². The van der Waals surface area contributed by atoms with E-state index in [0.29, 0.717) is 10.7 Å². The van der Waals surface area contributed by atoms with E-state index >= 15 is 0 Å². The molecule has 0 spiro atoms. The van der Waals surface area contributed by atoms with Crippen molar-refractivity contribution in [2.75, 3.05) is 11.6 Å². The third-order valence-electron chi connectivity index (χ3n) is 4.62. The van der Waals surface area contributed by atoms with Crippen LogP contribution < -0.4 is 5.32 Å². The summed E-state index contributed by atoms with van der Waals surface area (Å²) in [7, 11) is -1.82. The van der Waals surface area contributed by atoms with E-state index in [1.165, 1.54) is 31.3 Å². The fourth-order valence-corrected chi connectivity index (χ4v) is 4.45. The minimum absolute atomic E-state index is 0.0100. The number of halogens is 7. The molecule has 1 atom stereocenters. The van der Waals surface area contributed by atoms with Crippen LogP contribution in [0, 0.1) is 18.3 Å². The summed E-state index contributed by atoms with van der Waals surface area (Å²) in [6.07, 6.45) is -7.84. The molecule has 1 N–H and O–H groups in total. The maximum atomic E-state index is 13.4. The highest BCUT2D eigenvalue weighted by molar-refractivity contribution is 7.87. The molecular weight excluding hydrogens is 550 g/mol. The van der Waals surface area contributed by atoms with E-state index in [0.717, 1.165) is 12.3 Å². The monoisotopic (exact) mass is 562 g/mol. The number of aromatic nitrogens is 3. The van der Waals surface area contributed by atoms with E-state index in [1.807, 2.05) is 0 Å². The van der Waals surface area contributed by atoms with Crippen LogP contribution in [0.3, 0.4) is 0 Å². The Labute approximate surface area is 212 Å². The smallest absolute Gasteiger partial charge is 0.319 e. The number of carbonyl (C=O) groups excluding carboxylic acids is 2. The lowest BCUT2D eigenvalue weighted by molar-refractivity contribution is -0.169. The number of nitrogens with one attached hydrogen (secondary N) is 1. The maximum absolute atomic E-state index is 13.4. The number of benzene rings is 1. The second-order valence-corrected chi connectivity index (χ2v) is 9.22. The summed E-state index contributed by atoms with van der Waals surface area (Å²) in [6.45, 7) is 1.40. The Morgan fingerprint density at radius 1 is 1.19 bits per heavy atom. The number of rotatable bonds is 4. The molecule has 0 saturated heterocycles. The molecule has 0 saturated carbocycles. The summed E-state index contributed by atoms with van der Waals surface area (Å²) in [5, 5.41) is 14.9. The molecule has 0 radical (unpaired) electrons. The molecule has 3 aromatic rings. The summed E-state index contributed by atoms with van der Waals surface area (Å²) in [5.41, 5.74) is -2.07. The highest BCUT2D eigenvalue weighted by atomic mass is 35.5. The predicted octanol–water partition coefficient (Wildman–Crippen LogP) is 5.25. The van der Waals surface area contributed by atoms with E-state index in [-0.39, 0.29) is 32.6 Å². The first kappa shape index (κ1) is 27.8. The largest absolute Gasteiger partial charge is 0.474 e. The molecule has 1 unspecified atom stereocenters. The molecule has 0 aliphatic rings. The fraction of sp³-hybridized carbons (Fsp3) is 0.190. The number of alkyl halides is 6. The normalized spacial score (nSPS) is 12.8. The van der Waals surface area contributed by atoms with Crippen LogP contribution in [-0.2, 0) is 21.7 Å². The van der Waals surface area contributed by atoms with Crippen LogP contribution in [0.4, 0.5) is 32.0 Å². The Morgan fingerprint density at radius 3 is 2.43 bits per heavy atom. The molecule has 2 aromatic heterocycles. The topological polar surface area (TPSA) is 113 Å². The Bertz CT molecular complexity index is 1480. The Morgan fingerprint density at radius 2 is 1.86 bits per heavy atom. The van der Waals surface area contributed by atoms with Gasteiger partial charge in [0, 0.05) is 17.2 Å². The zero-order valence-corrected chi connectivity index (χ0v) is 20.1. The first-order valence-corrected chi connectivity index (χ1v) is 11.7. The first-order chi connectivity index (χ1) is 17.1. The molecule has 0 fully saturated rings. The van der Waals surface area contributed by atoms with Crippen molar-refractivity contribution in [1.82, 2.24) is 14.8 Å². The van der Waals surface area contributed by atoms with E-state index in [9.17, 15) is 41.2 Å². The molecule has 8 nitrogen and oxygen atoms in total. The summed E-state index contributed by atoms with van der Waals surface area (Å²) < 4.78 is 82.1.